The van der Waals surface area contributed by atoms with E-state index in [4.69, 9.17) is 5.11 Å². The number of nitrogens with zero attached hydrogens (tertiary/aromatic N) is 2. The number of imidazole rings is 1. The van der Waals surface area contributed by atoms with Gasteiger partial charge in [-0.05, 0) is 26.0 Å². The molecule has 19 heavy (non-hydrogen) atoms. The molecule has 0 unspecified atom stereocenters. The average Bonchev–Trinajstić information content (AvgIpc) is 2.69. The van der Waals surface area contributed by atoms with Crippen LogP contribution in [0, 0.1) is 5.82 Å². The number of nitrogens with one attached hydrogen (secondary N) is 1. The minimum atomic E-state index is -0.664. The van der Waals surface area contributed by atoms with Crippen LogP contribution >= 0.6 is 0 Å². The van der Waals surface area contributed by atoms with Gasteiger partial charge in [-0.25, -0.2) is 9.37 Å². The maximum Gasteiger partial charge on any atom is 0.226 e. The molecule has 0 atom stereocenters. The third-order valence-electron chi connectivity index (χ3n) is 2.68. The molecule has 0 radical (unpaired) electrons. The number of aliphatic hydroxyl groups is 1. The van der Waals surface area contributed by atoms with E-state index in [1.54, 1.807) is 26.1 Å². The number of pyridine rings is 1. The van der Waals surface area contributed by atoms with E-state index in [2.05, 4.69) is 10.3 Å². The van der Waals surface area contributed by atoms with E-state index < -0.39 is 5.54 Å². The number of halogens is 1. The number of hydrogen-bond donors (Lipinski definition) is 2. The van der Waals surface area contributed by atoms with Gasteiger partial charge in [0.15, 0.2) is 0 Å². The van der Waals surface area contributed by atoms with E-state index in [0.29, 0.717) is 11.3 Å². The topological polar surface area (TPSA) is 66.6 Å². The van der Waals surface area contributed by atoms with Crippen LogP contribution in [0.4, 0.5) is 4.39 Å². The SMILES string of the molecule is CC(C)(CO)NC(=O)Cc1cn2cc(F)ccc2n1. The van der Waals surface area contributed by atoms with E-state index in [-0.39, 0.29) is 24.8 Å². The fraction of sp³-hybridized carbons (Fsp3) is 0.385. The van der Waals surface area contributed by atoms with Crippen molar-refractivity contribution in [2.45, 2.75) is 25.8 Å². The van der Waals surface area contributed by atoms with Gasteiger partial charge in [-0.2, -0.15) is 0 Å². The Kier molecular flexibility index (Phi) is 3.53. The van der Waals surface area contributed by atoms with Crippen LogP contribution in [-0.2, 0) is 11.2 Å². The molecule has 0 aliphatic carbocycles. The molecule has 0 bridgehead atoms. The molecule has 2 N–H and O–H groups in total. The highest BCUT2D eigenvalue weighted by molar-refractivity contribution is 5.79. The van der Waals surface area contributed by atoms with Crippen molar-refractivity contribution in [2.75, 3.05) is 6.61 Å². The summed E-state index contributed by atoms with van der Waals surface area (Å²) in [6.07, 6.45) is 3.01. The van der Waals surface area contributed by atoms with Gasteiger partial charge in [-0.1, -0.05) is 0 Å². The van der Waals surface area contributed by atoms with Crippen molar-refractivity contribution in [2.24, 2.45) is 0 Å². The second-order valence-corrected chi connectivity index (χ2v) is 5.11. The minimum absolute atomic E-state index is 0.0900. The second-order valence-electron chi connectivity index (χ2n) is 5.11. The van der Waals surface area contributed by atoms with Crippen molar-refractivity contribution in [1.29, 1.82) is 0 Å². The van der Waals surface area contributed by atoms with Crippen LogP contribution in [0.5, 0.6) is 0 Å². The molecule has 2 aromatic heterocycles. The summed E-state index contributed by atoms with van der Waals surface area (Å²) in [5.41, 5.74) is 0.477. The van der Waals surface area contributed by atoms with Crippen LogP contribution in [0.2, 0.25) is 0 Å². The smallest absolute Gasteiger partial charge is 0.226 e. The Labute approximate surface area is 110 Å². The highest BCUT2D eigenvalue weighted by atomic mass is 19.1. The lowest BCUT2D eigenvalue weighted by atomic mass is 10.1. The van der Waals surface area contributed by atoms with Crippen LogP contribution in [0.3, 0.4) is 0 Å². The van der Waals surface area contributed by atoms with Gasteiger partial charge < -0.3 is 14.8 Å². The number of rotatable bonds is 4. The number of carbonyl (C=O) groups is 1. The van der Waals surface area contributed by atoms with Crippen molar-refractivity contribution in [3.63, 3.8) is 0 Å². The lowest BCUT2D eigenvalue weighted by Gasteiger charge is -2.23. The number of amides is 1. The number of aliphatic hydroxyl groups excluding tert-OH is 1. The van der Waals surface area contributed by atoms with Crippen LogP contribution in [0.25, 0.3) is 5.65 Å². The highest BCUT2D eigenvalue weighted by Crippen LogP contribution is 2.08. The van der Waals surface area contributed by atoms with Crippen LogP contribution in [-0.4, -0.2) is 32.5 Å². The van der Waals surface area contributed by atoms with E-state index in [1.807, 2.05) is 0 Å². The van der Waals surface area contributed by atoms with Gasteiger partial charge in [-0.3, -0.25) is 4.79 Å². The fourth-order valence-electron chi connectivity index (χ4n) is 1.73. The summed E-state index contributed by atoms with van der Waals surface area (Å²) in [5.74, 6) is -0.592. The van der Waals surface area contributed by atoms with E-state index >= 15 is 0 Å². The zero-order chi connectivity index (χ0) is 14.0. The van der Waals surface area contributed by atoms with E-state index in [9.17, 15) is 9.18 Å². The largest absolute Gasteiger partial charge is 0.394 e. The predicted octanol–water partition coefficient (Wildman–Crippen LogP) is 0.903. The Morgan fingerprint density at radius 1 is 1.47 bits per heavy atom. The summed E-state index contributed by atoms with van der Waals surface area (Å²) in [5, 5.41) is 11.8. The Balaban J connectivity index is 2.11. The molecule has 2 rings (SSSR count). The molecule has 102 valence electrons. The molecule has 1 amide bonds. The van der Waals surface area contributed by atoms with Gasteiger partial charge in [0.2, 0.25) is 5.91 Å². The molecule has 0 saturated heterocycles. The predicted molar refractivity (Wildman–Crippen MR) is 68.2 cm³/mol. The molecule has 2 aromatic rings. The van der Waals surface area contributed by atoms with Gasteiger partial charge in [0.1, 0.15) is 11.5 Å². The summed E-state index contributed by atoms with van der Waals surface area (Å²) in [4.78, 5) is 16.0. The van der Waals surface area contributed by atoms with Crippen molar-refractivity contribution >= 4 is 11.6 Å². The van der Waals surface area contributed by atoms with Gasteiger partial charge in [0.05, 0.1) is 24.3 Å². The highest BCUT2D eigenvalue weighted by Gasteiger charge is 2.19. The van der Waals surface area contributed by atoms with Gasteiger partial charge >= 0.3 is 0 Å². The first-order chi connectivity index (χ1) is 8.89. The van der Waals surface area contributed by atoms with E-state index in [1.165, 1.54) is 16.7 Å². The Morgan fingerprint density at radius 3 is 2.89 bits per heavy atom. The van der Waals surface area contributed by atoms with Crippen molar-refractivity contribution in [3.8, 4) is 0 Å². The molecule has 0 aliphatic rings. The quantitative estimate of drug-likeness (QED) is 0.863. The third kappa shape index (κ3) is 3.29. The lowest BCUT2D eigenvalue weighted by molar-refractivity contribution is -0.122. The number of carbonyl (C=O) groups excluding carboxylic acids is 1. The number of hydrogen-bond acceptors (Lipinski definition) is 3. The minimum Gasteiger partial charge on any atom is -0.394 e. The Morgan fingerprint density at radius 2 is 2.21 bits per heavy atom. The molecule has 0 aliphatic heterocycles. The molecular formula is C13H16FN3O2. The Hall–Kier alpha value is -1.95. The van der Waals surface area contributed by atoms with Crippen LogP contribution in [0.1, 0.15) is 19.5 Å². The molecule has 0 fully saturated rings. The van der Waals surface area contributed by atoms with Gasteiger partial charge in [-0.15, -0.1) is 0 Å². The maximum absolute atomic E-state index is 13.0. The van der Waals surface area contributed by atoms with E-state index in [0.717, 1.165) is 0 Å². The molecule has 0 saturated carbocycles. The molecule has 2 heterocycles. The van der Waals surface area contributed by atoms with Gasteiger partial charge in [0.25, 0.3) is 0 Å². The van der Waals surface area contributed by atoms with Gasteiger partial charge in [0, 0.05) is 12.4 Å². The zero-order valence-electron chi connectivity index (χ0n) is 10.9. The third-order valence-corrected chi connectivity index (χ3v) is 2.68. The average molecular weight is 265 g/mol. The van der Waals surface area contributed by atoms with Crippen molar-refractivity contribution in [1.82, 2.24) is 14.7 Å². The standard InChI is InChI=1S/C13H16FN3O2/c1-13(2,8-18)16-12(19)5-10-7-17-6-9(14)3-4-11(17)15-10/h3-4,6-7,18H,5,8H2,1-2H3,(H,16,19). The molecular weight excluding hydrogens is 249 g/mol. The Bertz CT molecular complexity index is 607. The first-order valence-corrected chi connectivity index (χ1v) is 5.95. The van der Waals surface area contributed by atoms with Crippen LogP contribution < -0.4 is 5.32 Å². The first kappa shape index (κ1) is 13.5. The molecule has 0 aromatic carbocycles. The fourth-order valence-corrected chi connectivity index (χ4v) is 1.73. The zero-order valence-corrected chi connectivity index (χ0v) is 10.9. The molecule has 5 nitrogen and oxygen atoms in total. The summed E-state index contributed by atoms with van der Waals surface area (Å²) >= 11 is 0. The summed E-state index contributed by atoms with van der Waals surface area (Å²) in [6.45, 7) is 3.31. The second kappa shape index (κ2) is 4.97. The summed E-state index contributed by atoms with van der Waals surface area (Å²) in [7, 11) is 0. The van der Waals surface area contributed by atoms with Crippen molar-refractivity contribution in [3.05, 3.63) is 36.0 Å². The monoisotopic (exact) mass is 265 g/mol. The molecule has 6 heteroatoms. The van der Waals surface area contributed by atoms with Crippen molar-refractivity contribution < 1.29 is 14.3 Å². The number of aromatic nitrogens is 2. The van der Waals surface area contributed by atoms with Crippen LogP contribution in [0.15, 0.2) is 24.5 Å². The lowest BCUT2D eigenvalue weighted by Crippen LogP contribution is -2.46. The normalized spacial score (nSPS) is 11.8. The number of fused-ring (bicyclic) bond motifs is 1. The molecule has 0 spiro atoms. The summed E-state index contributed by atoms with van der Waals surface area (Å²) in [6, 6.07) is 2.87. The first-order valence-electron chi connectivity index (χ1n) is 5.95. The maximum atomic E-state index is 13.0. The summed E-state index contributed by atoms with van der Waals surface area (Å²) < 4.78 is 14.6.